The van der Waals surface area contributed by atoms with Gasteiger partial charge in [-0.2, -0.15) is 0 Å². The van der Waals surface area contributed by atoms with Crippen LogP contribution in [0.25, 0.3) is 10.9 Å². The standard InChI is InChI=1S/C24H25N3O3/c28-23(26-18-6-7-18)9-5-16-4-8-22-17(14-16)15-27(12-13-30-22)24(29)20-2-1-3-21-19(20)10-11-25-21/h1-4,8,10-11,14,18,25H,5-7,9,12-13,15H2,(H,26,28). The van der Waals surface area contributed by atoms with Gasteiger partial charge in [0.2, 0.25) is 5.91 Å². The van der Waals surface area contributed by atoms with Crippen LogP contribution in [-0.4, -0.2) is 40.9 Å². The third-order valence-corrected chi connectivity index (χ3v) is 5.80. The van der Waals surface area contributed by atoms with E-state index in [2.05, 4.69) is 16.4 Å². The first-order chi connectivity index (χ1) is 14.7. The predicted octanol–water partition coefficient (Wildman–Crippen LogP) is 3.41. The van der Waals surface area contributed by atoms with Crippen LogP contribution >= 0.6 is 0 Å². The highest BCUT2D eigenvalue weighted by Crippen LogP contribution is 2.27. The van der Waals surface area contributed by atoms with E-state index >= 15 is 0 Å². The van der Waals surface area contributed by atoms with Gasteiger partial charge in [0.15, 0.2) is 0 Å². The van der Waals surface area contributed by atoms with E-state index in [0.29, 0.717) is 44.1 Å². The molecule has 1 aromatic heterocycles. The lowest BCUT2D eigenvalue weighted by Gasteiger charge is -2.20. The molecule has 2 aromatic carbocycles. The molecule has 1 saturated carbocycles. The summed E-state index contributed by atoms with van der Waals surface area (Å²) in [5.74, 6) is 0.933. The Hall–Kier alpha value is -3.28. The van der Waals surface area contributed by atoms with Crippen molar-refractivity contribution in [2.24, 2.45) is 0 Å². The normalized spacial score (nSPS) is 15.9. The number of benzene rings is 2. The summed E-state index contributed by atoms with van der Waals surface area (Å²) in [6.07, 6.45) is 5.22. The summed E-state index contributed by atoms with van der Waals surface area (Å²) >= 11 is 0. The molecule has 0 spiro atoms. The summed E-state index contributed by atoms with van der Waals surface area (Å²) in [7, 11) is 0. The maximum Gasteiger partial charge on any atom is 0.254 e. The van der Waals surface area contributed by atoms with E-state index in [1.807, 2.05) is 47.5 Å². The Labute approximate surface area is 175 Å². The average molecular weight is 403 g/mol. The number of aryl methyl sites for hydroxylation is 1. The van der Waals surface area contributed by atoms with Crippen molar-refractivity contribution in [2.75, 3.05) is 13.2 Å². The van der Waals surface area contributed by atoms with Crippen molar-refractivity contribution in [3.8, 4) is 5.75 Å². The first-order valence-corrected chi connectivity index (χ1v) is 10.6. The molecule has 2 amide bonds. The third kappa shape index (κ3) is 3.90. The molecule has 30 heavy (non-hydrogen) atoms. The van der Waals surface area contributed by atoms with E-state index in [0.717, 1.165) is 40.6 Å². The first-order valence-electron chi connectivity index (χ1n) is 10.6. The van der Waals surface area contributed by atoms with Crippen LogP contribution in [0.4, 0.5) is 0 Å². The summed E-state index contributed by atoms with van der Waals surface area (Å²) in [5.41, 5.74) is 3.73. The molecule has 2 N–H and O–H groups in total. The van der Waals surface area contributed by atoms with Crippen LogP contribution in [0.3, 0.4) is 0 Å². The molecule has 0 saturated heterocycles. The van der Waals surface area contributed by atoms with E-state index in [1.54, 1.807) is 0 Å². The number of nitrogens with one attached hydrogen (secondary N) is 2. The Morgan fingerprint density at radius 2 is 2.07 bits per heavy atom. The SMILES string of the molecule is O=C(CCc1ccc2c(c1)CN(C(=O)c1cccc3[nH]ccc13)CCO2)NC1CC1. The van der Waals surface area contributed by atoms with Gasteiger partial charge >= 0.3 is 0 Å². The van der Waals surface area contributed by atoms with Crippen LogP contribution in [-0.2, 0) is 17.8 Å². The second-order valence-electron chi connectivity index (χ2n) is 8.10. The number of hydrogen-bond donors (Lipinski definition) is 2. The fourth-order valence-electron chi connectivity index (χ4n) is 4.00. The van der Waals surface area contributed by atoms with Crippen molar-refractivity contribution in [1.29, 1.82) is 0 Å². The summed E-state index contributed by atoms with van der Waals surface area (Å²) in [4.78, 5) is 30.3. The van der Waals surface area contributed by atoms with Gasteiger partial charge < -0.3 is 19.9 Å². The number of fused-ring (bicyclic) bond motifs is 2. The molecule has 154 valence electrons. The van der Waals surface area contributed by atoms with Crippen LogP contribution in [0, 0.1) is 0 Å². The Bertz CT molecular complexity index is 1100. The minimum Gasteiger partial charge on any atom is -0.491 e. The van der Waals surface area contributed by atoms with Crippen LogP contribution < -0.4 is 10.1 Å². The third-order valence-electron chi connectivity index (χ3n) is 5.80. The Kier molecular flexibility index (Phi) is 4.91. The molecule has 6 nitrogen and oxygen atoms in total. The van der Waals surface area contributed by atoms with Gasteiger partial charge in [-0.05, 0) is 49.1 Å². The lowest BCUT2D eigenvalue weighted by Crippen LogP contribution is -2.32. The summed E-state index contributed by atoms with van der Waals surface area (Å²) < 4.78 is 5.90. The van der Waals surface area contributed by atoms with E-state index in [1.165, 1.54) is 0 Å². The van der Waals surface area contributed by atoms with E-state index in [4.69, 9.17) is 4.74 Å². The molecule has 0 unspecified atom stereocenters. The van der Waals surface area contributed by atoms with Gasteiger partial charge in [0, 0.05) is 47.2 Å². The Morgan fingerprint density at radius 3 is 2.93 bits per heavy atom. The van der Waals surface area contributed by atoms with Crippen molar-refractivity contribution in [3.05, 3.63) is 65.4 Å². The first kappa shape index (κ1) is 18.7. The van der Waals surface area contributed by atoms with Gasteiger partial charge in [0.25, 0.3) is 5.91 Å². The maximum atomic E-state index is 13.3. The maximum absolute atomic E-state index is 13.3. The molecule has 6 heteroatoms. The molecule has 0 bridgehead atoms. The molecule has 0 radical (unpaired) electrons. The second kappa shape index (κ2) is 7.86. The Morgan fingerprint density at radius 1 is 1.17 bits per heavy atom. The summed E-state index contributed by atoms with van der Waals surface area (Å²) in [6, 6.07) is 14.1. The molecule has 1 fully saturated rings. The number of hydrogen-bond acceptors (Lipinski definition) is 3. The molecular formula is C24H25N3O3. The number of H-pyrrole nitrogens is 1. The lowest BCUT2D eigenvalue weighted by molar-refractivity contribution is -0.121. The number of nitrogens with zero attached hydrogens (tertiary/aromatic N) is 1. The molecule has 5 rings (SSSR count). The van der Waals surface area contributed by atoms with Crippen LogP contribution in [0.5, 0.6) is 5.75 Å². The fourth-order valence-corrected chi connectivity index (χ4v) is 4.00. The largest absolute Gasteiger partial charge is 0.491 e. The average Bonchev–Trinajstić information content (AvgIpc) is 3.48. The molecule has 2 aliphatic rings. The molecular weight excluding hydrogens is 378 g/mol. The zero-order chi connectivity index (χ0) is 20.5. The predicted molar refractivity (Wildman–Crippen MR) is 114 cm³/mol. The van der Waals surface area contributed by atoms with Crippen molar-refractivity contribution < 1.29 is 14.3 Å². The van der Waals surface area contributed by atoms with E-state index < -0.39 is 0 Å². The van der Waals surface area contributed by atoms with Crippen LogP contribution in [0.2, 0.25) is 0 Å². The van der Waals surface area contributed by atoms with Gasteiger partial charge in [0.1, 0.15) is 12.4 Å². The van der Waals surface area contributed by atoms with Gasteiger partial charge in [-0.25, -0.2) is 0 Å². The summed E-state index contributed by atoms with van der Waals surface area (Å²) in [6.45, 7) is 1.50. The van der Waals surface area contributed by atoms with Gasteiger partial charge in [-0.3, -0.25) is 9.59 Å². The van der Waals surface area contributed by atoms with Gasteiger partial charge in [-0.1, -0.05) is 18.2 Å². The lowest BCUT2D eigenvalue weighted by atomic mass is 10.0. The molecule has 0 atom stereocenters. The topological polar surface area (TPSA) is 74.4 Å². The number of amides is 2. The minimum absolute atomic E-state index is 0.00543. The van der Waals surface area contributed by atoms with Gasteiger partial charge in [-0.15, -0.1) is 0 Å². The zero-order valence-electron chi connectivity index (χ0n) is 16.8. The zero-order valence-corrected chi connectivity index (χ0v) is 16.8. The molecule has 2 heterocycles. The molecule has 1 aliphatic carbocycles. The number of carbonyl (C=O) groups excluding carboxylic acids is 2. The highest BCUT2D eigenvalue weighted by atomic mass is 16.5. The van der Waals surface area contributed by atoms with Crippen molar-refractivity contribution >= 4 is 22.7 Å². The highest BCUT2D eigenvalue weighted by molar-refractivity contribution is 6.06. The van der Waals surface area contributed by atoms with Crippen molar-refractivity contribution in [1.82, 2.24) is 15.2 Å². The Balaban J connectivity index is 1.32. The van der Waals surface area contributed by atoms with Crippen molar-refractivity contribution in [3.63, 3.8) is 0 Å². The van der Waals surface area contributed by atoms with Crippen LogP contribution in [0.15, 0.2) is 48.7 Å². The fraction of sp³-hybridized carbons (Fsp3) is 0.333. The minimum atomic E-state index is 0.00543. The van der Waals surface area contributed by atoms with Crippen molar-refractivity contribution in [2.45, 2.75) is 38.3 Å². The van der Waals surface area contributed by atoms with E-state index in [-0.39, 0.29) is 11.8 Å². The number of aromatic amines is 1. The molecule has 1 aliphatic heterocycles. The number of carbonyl (C=O) groups is 2. The number of aromatic nitrogens is 1. The van der Waals surface area contributed by atoms with E-state index in [9.17, 15) is 9.59 Å². The number of ether oxygens (including phenoxy) is 1. The quantitative estimate of drug-likeness (QED) is 0.686. The monoisotopic (exact) mass is 403 g/mol. The smallest absolute Gasteiger partial charge is 0.254 e. The second-order valence-corrected chi connectivity index (χ2v) is 8.10. The summed E-state index contributed by atoms with van der Waals surface area (Å²) in [5, 5.41) is 3.96. The molecule has 3 aromatic rings. The number of rotatable bonds is 5. The van der Waals surface area contributed by atoms with Gasteiger partial charge in [0.05, 0.1) is 6.54 Å². The van der Waals surface area contributed by atoms with Crippen LogP contribution in [0.1, 0.15) is 40.7 Å². The highest BCUT2D eigenvalue weighted by Gasteiger charge is 2.24.